The fourth-order valence-electron chi connectivity index (χ4n) is 0.564. The molecule has 0 saturated heterocycles. The van der Waals surface area contributed by atoms with Crippen LogP contribution in [0.2, 0.25) is 0 Å². The number of halogens is 3. The molecule has 0 aliphatic carbocycles. The highest BCUT2D eigenvalue weighted by molar-refractivity contribution is 7.91. The summed E-state index contributed by atoms with van der Waals surface area (Å²) >= 11 is 0. The Labute approximate surface area is 72.3 Å². The first-order valence-corrected chi connectivity index (χ1v) is 4.93. The number of hydrogen-bond donors (Lipinski definition) is 1. The number of aliphatic carboxylic acids is 1. The summed E-state index contributed by atoms with van der Waals surface area (Å²) in [7, 11) is -4.34. The minimum absolute atomic E-state index is 0.807. The van der Waals surface area contributed by atoms with Gasteiger partial charge in [-0.1, -0.05) is 0 Å². The molecule has 0 fully saturated rings. The van der Waals surface area contributed by atoms with E-state index in [2.05, 4.69) is 0 Å². The van der Waals surface area contributed by atoms with Crippen LogP contribution in [-0.4, -0.2) is 37.2 Å². The SMILES string of the molecule is O=C(O)CCS(=O)(=O)CC(F)(F)F. The van der Waals surface area contributed by atoms with E-state index in [4.69, 9.17) is 5.11 Å². The summed E-state index contributed by atoms with van der Waals surface area (Å²) in [6.07, 6.45) is -5.62. The lowest BCUT2D eigenvalue weighted by Gasteiger charge is -2.05. The number of carboxylic acid groups (broad SMARTS) is 1. The number of hydrogen-bond acceptors (Lipinski definition) is 3. The average molecular weight is 220 g/mol. The maximum Gasteiger partial charge on any atom is 0.402 e. The van der Waals surface area contributed by atoms with Gasteiger partial charge in [-0.25, -0.2) is 8.42 Å². The first-order valence-electron chi connectivity index (χ1n) is 3.11. The van der Waals surface area contributed by atoms with Crippen molar-refractivity contribution in [2.24, 2.45) is 0 Å². The number of sulfone groups is 1. The van der Waals surface area contributed by atoms with Gasteiger partial charge in [0.05, 0.1) is 12.2 Å². The van der Waals surface area contributed by atoms with Gasteiger partial charge in [0.2, 0.25) is 0 Å². The minimum atomic E-state index is -4.81. The van der Waals surface area contributed by atoms with Gasteiger partial charge in [-0.3, -0.25) is 4.79 Å². The van der Waals surface area contributed by atoms with Crippen LogP contribution in [0, 0.1) is 0 Å². The third-order valence-corrected chi connectivity index (χ3v) is 2.60. The largest absolute Gasteiger partial charge is 0.481 e. The molecular formula is C5H7F3O4S. The van der Waals surface area contributed by atoms with Gasteiger partial charge in [-0.05, 0) is 0 Å². The second-order valence-electron chi connectivity index (χ2n) is 2.35. The minimum Gasteiger partial charge on any atom is -0.481 e. The van der Waals surface area contributed by atoms with Crippen LogP contribution < -0.4 is 0 Å². The molecule has 0 bridgehead atoms. The molecule has 0 aliphatic rings. The van der Waals surface area contributed by atoms with Gasteiger partial charge in [0, 0.05) is 0 Å². The van der Waals surface area contributed by atoms with Crippen LogP contribution in [0.4, 0.5) is 13.2 Å². The summed E-state index contributed by atoms with van der Waals surface area (Å²) in [6.45, 7) is 0. The van der Waals surface area contributed by atoms with E-state index in [0.717, 1.165) is 0 Å². The monoisotopic (exact) mass is 220 g/mol. The predicted molar refractivity (Wildman–Crippen MR) is 37.0 cm³/mol. The van der Waals surface area contributed by atoms with Crippen LogP contribution in [0.5, 0.6) is 0 Å². The molecule has 0 spiro atoms. The smallest absolute Gasteiger partial charge is 0.402 e. The van der Waals surface area contributed by atoms with Crippen molar-refractivity contribution in [3.63, 3.8) is 0 Å². The third-order valence-electron chi connectivity index (χ3n) is 1.01. The molecule has 0 aromatic carbocycles. The summed E-state index contributed by atoms with van der Waals surface area (Å²) in [5.41, 5.74) is 0. The Morgan fingerprint density at radius 2 is 1.77 bits per heavy atom. The second-order valence-corrected chi connectivity index (χ2v) is 4.54. The average Bonchev–Trinajstić information content (AvgIpc) is 1.78. The highest BCUT2D eigenvalue weighted by atomic mass is 32.2. The van der Waals surface area contributed by atoms with Crippen LogP contribution in [0.3, 0.4) is 0 Å². The van der Waals surface area contributed by atoms with Crippen molar-refractivity contribution in [2.75, 3.05) is 11.5 Å². The molecule has 0 aromatic heterocycles. The van der Waals surface area contributed by atoms with Crippen molar-refractivity contribution in [1.82, 2.24) is 0 Å². The van der Waals surface area contributed by atoms with Crippen molar-refractivity contribution in [1.29, 1.82) is 0 Å². The van der Waals surface area contributed by atoms with Crippen molar-refractivity contribution >= 4 is 15.8 Å². The van der Waals surface area contributed by atoms with E-state index in [9.17, 15) is 26.4 Å². The van der Waals surface area contributed by atoms with E-state index in [1.165, 1.54) is 0 Å². The van der Waals surface area contributed by atoms with Crippen LogP contribution >= 0.6 is 0 Å². The molecule has 0 radical (unpaired) electrons. The van der Waals surface area contributed by atoms with Gasteiger partial charge in [0.15, 0.2) is 9.84 Å². The zero-order chi connectivity index (χ0) is 10.7. The maximum atomic E-state index is 11.5. The molecule has 0 atom stereocenters. The molecule has 0 unspecified atom stereocenters. The normalized spacial score (nSPS) is 12.8. The van der Waals surface area contributed by atoms with Gasteiger partial charge in [0.25, 0.3) is 0 Å². The van der Waals surface area contributed by atoms with Crippen LogP contribution in [-0.2, 0) is 14.6 Å². The Balaban J connectivity index is 4.19. The molecule has 0 rings (SSSR count). The maximum absolute atomic E-state index is 11.5. The first kappa shape index (κ1) is 12.2. The van der Waals surface area contributed by atoms with Gasteiger partial charge >= 0.3 is 12.1 Å². The second kappa shape index (κ2) is 3.95. The lowest BCUT2D eigenvalue weighted by molar-refractivity contribution is -0.136. The Hall–Kier alpha value is -0.790. The summed E-state index contributed by atoms with van der Waals surface area (Å²) < 4.78 is 55.8. The van der Waals surface area contributed by atoms with Gasteiger partial charge in [-0.2, -0.15) is 13.2 Å². The molecule has 78 valence electrons. The van der Waals surface area contributed by atoms with Crippen LogP contribution in [0.1, 0.15) is 6.42 Å². The lowest BCUT2D eigenvalue weighted by Crippen LogP contribution is -2.25. The van der Waals surface area contributed by atoms with Crippen molar-refractivity contribution in [3.05, 3.63) is 0 Å². The Kier molecular flexibility index (Phi) is 3.71. The summed E-state index contributed by atoms with van der Waals surface area (Å²) in [6, 6.07) is 0. The molecule has 0 aromatic rings. The standard InChI is InChI=1S/C5H7F3O4S/c6-5(7,8)3-13(11,12)2-1-4(9)10/h1-3H2,(H,9,10). The summed E-state index contributed by atoms with van der Waals surface area (Å²) in [5.74, 6) is -4.39. The number of carboxylic acids is 1. The predicted octanol–water partition coefficient (Wildman–Crippen LogP) is 0.438. The summed E-state index contributed by atoms with van der Waals surface area (Å²) in [4.78, 5) is 9.87. The molecule has 4 nitrogen and oxygen atoms in total. The van der Waals surface area contributed by atoms with Crippen molar-refractivity contribution < 1.29 is 31.5 Å². The molecule has 0 amide bonds. The van der Waals surface area contributed by atoms with Gasteiger partial charge in [-0.15, -0.1) is 0 Å². The molecule has 1 N–H and O–H groups in total. The third kappa shape index (κ3) is 7.57. The van der Waals surface area contributed by atoms with Crippen molar-refractivity contribution in [2.45, 2.75) is 12.6 Å². The molecular weight excluding hydrogens is 213 g/mol. The number of rotatable bonds is 4. The molecule has 13 heavy (non-hydrogen) atoms. The molecule has 0 aliphatic heterocycles. The zero-order valence-electron chi connectivity index (χ0n) is 6.34. The molecule has 8 heteroatoms. The first-order chi connectivity index (χ1) is 5.62. The topological polar surface area (TPSA) is 71.4 Å². The molecule has 0 heterocycles. The van der Waals surface area contributed by atoms with Crippen LogP contribution in [0.15, 0.2) is 0 Å². The number of alkyl halides is 3. The Bertz CT molecular complexity index is 279. The highest BCUT2D eigenvalue weighted by Crippen LogP contribution is 2.17. The summed E-state index contributed by atoms with van der Waals surface area (Å²) in [5, 5.41) is 8.03. The van der Waals surface area contributed by atoms with Crippen molar-refractivity contribution in [3.8, 4) is 0 Å². The molecule has 0 saturated carbocycles. The van der Waals surface area contributed by atoms with E-state index in [1.54, 1.807) is 0 Å². The van der Waals surface area contributed by atoms with Crippen LogP contribution in [0.25, 0.3) is 0 Å². The zero-order valence-corrected chi connectivity index (χ0v) is 7.15. The number of carbonyl (C=O) groups is 1. The van der Waals surface area contributed by atoms with Gasteiger partial charge < -0.3 is 5.11 Å². The lowest BCUT2D eigenvalue weighted by atomic mass is 10.5. The fraction of sp³-hybridized carbons (Fsp3) is 0.800. The van der Waals surface area contributed by atoms with E-state index in [-0.39, 0.29) is 0 Å². The van der Waals surface area contributed by atoms with E-state index in [0.29, 0.717) is 0 Å². The van der Waals surface area contributed by atoms with E-state index in [1.807, 2.05) is 0 Å². The highest BCUT2D eigenvalue weighted by Gasteiger charge is 2.34. The van der Waals surface area contributed by atoms with Gasteiger partial charge in [0.1, 0.15) is 5.75 Å². The quantitative estimate of drug-likeness (QED) is 0.746. The Morgan fingerprint density at radius 1 is 1.31 bits per heavy atom. The van der Waals surface area contributed by atoms with E-state index < -0.39 is 39.9 Å². The van der Waals surface area contributed by atoms with E-state index >= 15 is 0 Å². The Morgan fingerprint density at radius 3 is 2.08 bits per heavy atom. The fourth-order valence-corrected chi connectivity index (χ4v) is 1.69.